The van der Waals surface area contributed by atoms with Gasteiger partial charge in [0.2, 0.25) is 0 Å². The number of aromatic amines is 1. The number of nitrogens with zero attached hydrogens (tertiary/aromatic N) is 3. The number of hydrogen-bond acceptors (Lipinski definition) is 6. The van der Waals surface area contributed by atoms with Gasteiger partial charge in [-0.1, -0.05) is 0 Å². The van der Waals surface area contributed by atoms with Gasteiger partial charge in [-0.05, 0) is 0 Å². The Hall–Kier alpha value is -1.59. The van der Waals surface area contributed by atoms with E-state index in [-0.39, 0.29) is 14.8 Å². The number of fused-ring (bicyclic) bond motifs is 1. The molecule has 84 valence electrons. The molecular weight excluding hydrogens is 229 g/mol. The van der Waals surface area contributed by atoms with Crippen LogP contribution in [-0.2, 0) is 15.7 Å². The van der Waals surface area contributed by atoms with Crippen molar-refractivity contribution < 1.29 is 9.30 Å². The highest BCUT2D eigenvalue weighted by atomic mass is 31.1. The maximum Gasteiger partial charge on any atom is 0.183 e. The maximum atomic E-state index is 10.1. The van der Waals surface area contributed by atoms with E-state index in [2.05, 4.69) is 19.9 Å². The monoisotopic (exact) mass is 239 g/mol. The number of hydrogen-bond donors (Lipinski definition) is 2. The average Bonchev–Trinajstić information content (AvgIpc) is 2.73. The van der Waals surface area contributed by atoms with Crippen LogP contribution in [0.4, 0.5) is 5.82 Å². The SMILES string of the molecule is Nc1nc(CCOCP=O)nc2nc[nH]c12. The second-order valence-corrected chi connectivity index (χ2v) is 3.56. The van der Waals surface area contributed by atoms with Gasteiger partial charge in [0, 0.05) is 6.42 Å². The number of rotatable bonds is 5. The van der Waals surface area contributed by atoms with Crippen molar-refractivity contribution in [3.05, 3.63) is 12.2 Å². The van der Waals surface area contributed by atoms with E-state index in [9.17, 15) is 4.57 Å². The van der Waals surface area contributed by atoms with Gasteiger partial charge in [0.25, 0.3) is 0 Å². The lowest BCUT2D eigenvalue weighted by Gasteiger charge is -2.01. The lowest BCUT2D eigenvalue weighted by Crippen LogP contribution is -2.05. The summed E-state index contributed by atoms with van der Waals surface area (Å²) in [6.07, 6.45) is 2.22. The Morgan fingerprint density at radius 3 is 3.19 bits per heavy atom. The third-order valence-corrected chi connectivity index (χ3v) is 2.26. The largest absolute Gasteiger partial charge is 0.382 e. The van der Waals surface area contributed by atoms with Crippen molar-refractivity contribution in [2.24, 2.45) is 0 Å². The first-order valence-electron chi connectivity index (χ1n) is 4.63. The van der Waals surface area contributed by atoms with Gasteiger partial charge in [-0.2, -0.15) is 0 Å². The standard InChI is InChI=1S/C8H10N5O2P/c9-7-6-8(11-3-10-6)13-5(12-7)1-2-15-4-16-14/h3H,1-2,4H2,(H3,9,10,11,12,13). The molecule has 0 saturated heterocycles. The first-order chi connectivity index (χ1) is 7.81. The van der Waals surface area contributed by atoms with Crippen molar-refractivity contribution in [1.29, 1.82) is 0 Å². The summed E-state index contributed by atoms with van der Waals surface area (Å²) in [6, 6.07) is 0. The minimum atomic E-state index is -0.0269. The molecule has 0 aliphatic carbocycles. The number of anilines is 1. The number of nitrogens with two attached hydrogens (primary N) is 1. The summed E-state index contributed by atoms with van der Waals surface area (Å²) in [5, 5.41) is 0. The van der Waals surface area contributed by atoms with Gasteiger partial charge in [0.1, 0.15) is 17.7 Å². The smallest absolute Gasteiger partial charge is 0.183 e. The molecule has 0 atom stereocenters. The fourth-order valence-electron chi connectivity index (χ4n) is 1.28. The molecule has 2 rings (SSSR count). The van der Waals surface area contributed by atoms with Crippen LogP contribution in [0.2, 0.25) is 0 Å². The molecule has 0 aliphatic rings. The molecule has 0 radical (unpaired) electrons. The molecule has 2 aromatic rings. The molecule has 7 nitrogen and oxygen atoms in total. The number of H-pyrrole nitrogens is 1. The number of imidazole rings is 1. The summed E-state index contributed by atoms with van der Waals surface area (Å²) in [7, 11) is -0.0269. The summed E-state index contributed by atoms with van der Waals surface area (Å²) >= 11 is 0. The second kappa shape index (κ2) is 4.96. The highest BCUT2D eigenvalue weighted by Gasteiger charge is 2.06. The van der Waals surface area contributed by atoms with Crippen LogP contribution in [0.25, 0.3) is 11.2 Å². The number of aromatic nitrogens is 4. The fraction of sp³-hybridized carbons (Fsp3) is 0.375. The summed E-state index contributed by atoms with van der Waals surface area (Å²) in [5.41, 5.74) is 6.90. The second-order valence-electron chi connectivity index (χ2n) is 3.04. The van der Waals surface area contributed by atoms with Crippen molar-refractivity contribution in [1.82, 2.24) is 19.9 Å². The van der Waals surface area contributed by atoms with E-state index in [0.717, 1.165) is 0 Å². The summed E-state index contributed by atoms with van der Waals surface area (Å²) in [6.45, 7) is 0.407. The fourth-order valence-corrected chi connectivity index (χ4v) is 1.48. The van der Waals surface area contributed by atoms with Crippen LogP contribution >= 0.6 is 8.46 Å². The Morgan fingerprint density at radius 2 is 2.38 bits per heavy atom. The molecule has 0 fully saturated rings. The van der Waals surface area contributed by atoms with Crippen molar-refractivity contribution in [2.45, 2.75) is 6.42 Å². The molecule has 0 amide bonds. The van der Waals surface area contributed by atoms with E-state index >= 15 is 0 Å². The van der Waals surface area contributed by atoms with Gasteiger partial charge < -0.3 is 15.5 Å². The van der Waals surface area contributed by atoms with Crippen molar-refractivity contribution in [3.8, 4) is 0 Å². The Balaban J connectivity index is 2.09. The zero-order chi connectivity index (χ0) is 11.4. The molecule has 0 spiro atoms. The van der Waals surface area contributed by atoms with Crippen LogP contribution in [0.5, 0.6) is 0 Å². The molecule has 0 saturated carbocycles. The van der Waals surface area contributed by atoms with E-state index < -0.39 is 0 Å². The molecule has 0 aliphatic heterocycles. The van der Waals surface area contributed by atoms with Crippen LogP contribution < -0.4 is 5.73 Å². The van der Waals surface area contributed by atoms with E-state index in [1.54, 1.807) is 0 Å². The number of nitrogen functional groups attached to an aromatic ring is 1. The Bertz CT molecular complexity index is 500. The minimum Gasteiger partial charge on any atom is -0.382 e. The Labute approximate surface area is 92.6 Å². The van der Waals surface area contributed by atoms with E-state index in [0.29, 0.717) is 35.8 Å². The molecule has 0 bridgehead atoms. The van der Waals surface area contributed by atoms with Crippen LogP contribution in [0.3, 0.4) is 0 Å². The quantitative estimate of drug-likeness (QED) is 0.588. The first-order valence-corrected chi connectivity index (χ1v) is 5.63. The van der Waals surface area contributed by atoms with Crippen molar-refractivity contribution in [3.63, 3.8) is 0 Å². The van der Waals surface area contributed by atoms with Gasteiger partial charge in [-0.15, -0.1) is 0 Å². The van der Waals surface area contributed by atoms with Crippen molar-refractivity contribution >= 4 is 25.4 Å². The zero-order valence-electron chi connectivity index (χ0n) is 8.38. The number of ether oxygens (including phenoxy) is 1. The third-order valence-electron chi connectivity index (χ3n) is 1.97. The molecule has 16 heavy (non-hydrogen) atoms. The van der Waals surface area contributed by atoms with Gasteiger partial charge in [-0.3, -0.25) is 4.57 Å². The molecule has 2 heterocycles. The van der Waals surface area contributed by atoms with Crippen molar-refractivity contribution in [2.75, 3.05) is 18.7 Å². The predicted octanol–water partition coefficient (Wildman–Crippen LogP) is 0.743. The molecular formula is C8H10N5O2P. The molecule has 8 heteroatoms. The topological polar surface area (TPSA) is 107 Å². The number of nitrogens with one attached hydrogen (secondary N) is 1. The van der Waals surface area contributed by atoms with E-state index in [1.165, 1.54) is 6.33 Å². The Morgan fingerprint density at radius 1 is 1.50 bits per heavy atom. The molecule has 0 aromatic carbocycles. The molecule has 3 N–H and O–H groups in total. The lowest BCUT2D eigenvalue weighted by atomic mass is 10.4. The van der Waals surface area contributed by atoms with Gasteiger partial charge in [0.05, 0.1) is 12.9 Å². The predicted molar refractivity (Wildman–Crippen MR) is 58.2 cm³/mol. The first kappa shape index (κ1) is 10.9. The van der Waals surface area contributed by atoms with E-state index in [1.807, 2.05) is 0 Å². The normalized spacial score (nSPS) is 11.2. The summed E-state index contributed by atoms with van der Waals surface area (Å²) in [4.78, 5) is 15.2. The van der Waals surface area contributed by atoms with E-state index in [4.69, 9.17) is 10.5 Å². The minimum absolute atomic E-state index is 0.0269. The van der Waals surface area contributed by atoms with Gasteiger partial charge in [-0.25, -0.2) is 15.0 Å². The van der Waals surface area contributed by atoms with Crippen LogP contribution in [0, 0.1) is 0 Å². The van der Waals surface area contributed by atoms with Gasteiger partial charge in [0.15, 0.2) is 19.9 Å². The average molecular weight is 239 g/mol. The molecule has 2 aromatic heterocycles. The van der Waals surface area contributed by atoms with Crippen LogP contribution in [0.1, 0.15) is 5.82 Å². The molecule has 0 unspecified atom stereocenters. The third kappa shape index (κ3) is 2.32. The summed E-state index contributed by atoms with van der Waals surface area (Å²) in [5.74, 6) is 0.944. The summed E-state index contributed by atoms with van der Waals surface area (Å²) < 4.78 is 15.2. The lowest BCUT2D eigenvalue weighted by molar-refractivity contribution is 0.181. The van der Waals surface area contributed by atoms with Gasteiger partial charge >= 0.3 is 0 Å². The highest BCUT2D eigenvalue weighted by molar-refractivity contribution is 7.23. The maximum absolute atomic E-state index is 10.1. The highest BCUT2D eigenvalue weighted by Crippen LogP contribution is 2.12. The van der Waals surface area contributed by atoms with Crippen LogP contribution in [0.15, 0.2) is 6.33 Å². The zero-order valence-corrected chi connectivity index (χ0v) is 9.28. The Kier molecular flexibility index (Phi) is 3.38. The van der Waals surface area contributed by atoms with Crippen LogP contribution in [-0.4, -0.2) is 32.9 Å².